The standard InChI is InChI=1S/CH4O4S.H2O/c1-5-6(2,3)4;/h1H3,(H,2,3,4);1H2/p-2. The largest absolute Gasteiger partial charge is 0.870 e. The van der Waals surface area contributed by atoms with Crippen molar-refractivity contribution in [2.24, 2.45) is 0 Å². The molecule has 0 atom stereocenters. The summed E-state index contributed by atoms with van der Waals surface area (Å²) >= 11 is 0. The lowest BCUT2D eigenvalue weighted by Gasteiger charge is -1.98. The Morgan fingerprint density at radius 2 is 1.71 bits per heavy atom. The molecule has 0 aliphatic rings. The van der Waals surface area contributed by atoms with Gasteiger partial charge < -0.3 is 10.0 Å². The van der Waals surface area contributed by atoms with Gasteiger partial charge in [-0.1, -0.05) is 0 Å². The van der Waals surface area contributed by atoms with Gasteiger partial charge >= 0.3 is 0 Å². The van der Waals surface area contributed by atoms with Crippen molar-refractivity contribution in [3.63, 3.8) is 0 Å². The Bertz CT molecular complexity index is 110. The summed E-state index contributed by atoms with van der Waals surface area (Å²) in [4.78, 5) is 0. The highest BCUT2D eigenvalue weighted by molar-refractivity contribution is 7.80. The van der Waals surface area contributed by atoms with Gasteiger partial charge in [-0.25, -0.2) is 8.42 Å². The van der Waals surface area contributed by atoms with Gasteiger partial charge in [0.15, 0.2) is 0 Å². The smallest absolute Gasteiger partial charge is 0.217 e. The van der Waals surface area contributed by atoms with Gasteiger partial charge in [-0.2, -0.15) is 0 Å². The van der Waals surface area contributed by atoms with E-state index >= 15 is 0 Å². The quantitative estimate of drug-likeness (QED) is 0.330. The van der Waals surface area contributed by atoms with Crippen LogP contribution in [-0.4, -0.2) is 25.6 Å². The van der Waals surface area contributed by atoms with Crippen LogP contribution in [0.4, 0.5) is 0 Å². The Labute approximate surface area is 41.2 Å². The summed E-state index contributed by atoms with van der Waals surface area (Å²) in [6.07, 6.45) is 0. The summed E-state index contributed by atoms with van der Waals surface area (Å²) in [5.74, 6) is 0. The average molecular weight is 128 g/mol. The van der Waals surface area contributed by atoms with E-state index in [1.165, 1.54) is 0 Å². The molecule has 0 aliphatic carbocycles. The number of hydrogen-bond donors (Lipinski definition) is 0. The molecule has 0 rings (SSSR count). The van der Waals surface area contributed by atoms with Gasteiger partial charge in [-0.3, -0.25) is 4.18 Å². The van der Waals surface area contributed by atoms with Gasteiger partial charge in [0.2, 0.25) is 10.4 Å². The highest BCUT2D eigenvalue weighted by Gasteiger charge is 1.79. The van der Waals surface area contributed by atoms with E-state index in [1.807, 2.05) is 0 Å². The topological polar surface area (TPSA) is 96.4 Å². The van der Waals surface area contributed by atoms with Crippen molar-refractivity contribution in [2.75, 3.05) is 7.11 Å². The van der Waals surface area contributed by atoms with Gasteiger partial charge in [-0.05, 0) is 0 Å². The lowest BCUT2D eigenvalue weighted by molar-refractivity contribution is 0.314. The van der Waals surface area contributed by atoms with Crippen molar-refractivity contribution < 1.29 is 22.6 Å². The molecule has 0 spiro atoms. The van der Waals surface area contributed by atoms with Gasteiger partial charge in [-0.15, -0.1) is 0 Å². The highest BCUT2D eigenvalue weighted by atomic mass is 32.3. The van der Waals surface area contributed by atoms with E-state index in [0.29, 0.717) is 0 Å². The first-order valence-corrected chi connectivity index (χ1v) is 2.41. The molecule has 0 aromatic carbocycles. The van der Waals surface area contributed by atoms with Crippen molar-refractivity contribution in [1.82, 2.24) is 0 Å². The molecule has 0 saturated heterocycles. The minimum Gasteiger partial charge on any atom is -0.870 e. The van der Waals surface area contributed by atoms with Crippen LogP contribution in [-0.2, 0) is 14.6 Å². The summed E-state index contributed by atoms with van der Waals surface area (Å²) in [6.45, 7) is 0. The maximum absolute atomic E-state index is 9.22. The first-order valence-electron chi connectivity index (χ1n) is 1.07. The molecule has 0 saturated carbocycles. The third kappa shape index (κ3) is 10.7. The molecular weight excluding hydrogens is 124 g/mol. The van der Waals surface area contributed by atoms with E-state index in [9.17, 15) is 13.0 Å². The summed E-state index contributed by atoms with van der Waals surface area (Å²) < 4.78 is 31.0. The molecule has 6 heteroatoms. The van der Waals surface area contributed by atoms with Crippen molar-refractivity contribution in [2.45, 2.75) is 0 Å². The molecule has 0 bridgehead atoms. The minimum absolute atomic E-state index is 0. The van der Waals surface area contributed by atoms with E-state index in [1.54, 1.807) is 0 Å². The van der Waals surface area contributed by atoms with Crippen molar-refractivity contribution in [3.05, 3.63) is 0 Å². The van der Waals surface area contributed by atoms with Crippen LogP contribution >= 0.6 is 0 Å². The zero-order valence-corrected chi connectivity index (χ0v) is 4.30. The monoisotopic (exact) mass is 128 g/mol. The van der Waals surface area contributed by atoms with E-state index < -0.39 is 10.4 Å². The van der Waals surface area contributed by atoms with E-state index in [2.05, 4.69) is 4.18 Å². The third-order valence-electron chi connectivity index (χ3n) is 0.204. The maximum Gasteiger partial charge on any atom is 0.217 e. The Hall–Kier alpha value is -0.170. The summed E-state index contributed by atoms with van der Waals surface area (Å²) in [7, 11) is -3.60. The first kappa shape index (κ1) is 9.95. The zero-order chi connectivity index (χ0) is 5.21. The van der Waals surface area contributed by atoms with Crippen LogP contribution in [0, 0.1) is 0 Å². The predicted octanol–water partition coefficient (Wildman–Crippen LogP) is -1.08. The molecule has 0 amide bonds. The maximum atomic E-state index is 9.22. The van der Waals surface area contributed by atoms with E-state index in [0.717, 1.165) is 7.11 Å². The SMILES string of the molecule is COS(=O)(=O)[O-].[OH-]. The molecule has 0 unspecified atom stereocenters. The van der Waals surface area contributed by atoms with Crippen molar-refractivity contribution in [1.29, 1.82) is 0 Å². The molecular formula is CH4O5S-2. The van der Waals surface area contributed by atoms with Gasteiger partial charge in [0.1, 0.15) is 0 Å². The van der Waals surface area contributed by atoms with Gasteiger partial charge in [0.05, 0.1) is 7.11 Å². The van der Waals surface area contributed by atoms with Gasteiger partial charge in [0, 0.05) is 0 Å². The molecule has 1 N–H and O–H groups in total. The van der Waals surface area contributed by atoms with E-state index in [4.69, 9.17) is 0 Å². The van der Waals surface area contributed by atoms with Crippen molar-refractivity contribution >= 4 is 10.4 Å². The van der Waals surface area contributed by atoms with Crippen LogP contribution in [0.1, 0.15) is 0 Å². The summed E-state index contributed by atoms with van der Waals surface area (Å²) in [6, 6.07) is 0. The minimum atomic E-state index is -4.41. The second-order valence-corrected chi connectivity index (χ2v) is 1.72. The molecule has 5 nitrogen and oxygen atoms in total. The lowest BCUT2D eigenvalue weighted by Crippen LogP contribution is -1.97. The third-order valence-corrected chi connectivity index (χ3v) is 0.612. The Morgan fingerprint density at radius 1 is 1.57 bits per heavy atom. The predicted molar refractivity (Wildman–Crippen MR) is 18.6 cm³/mol. The first-order chi connectivity index (χ1) is 2.56. The summed E-state index contributed by atoms with van der Waals surface area (Å²) in [5.41, 5.74) is 0. The molecule has 0 aromatic heterocycles. The molecule has 0 aromatic rings. The van der Waals surface area contributed by atoms with Crippen LogP contribution in [0.2, 0.25) is 0 Å². The van der Waals surface area contributed by atoms with Crippen LogP contribution < -0.4 is 0 Å². The number of hydrogen-bond acceptors (Lipinski definition) is 5. The van der Waals surface area contributed by atoms with Crippen LogP contribution in [0.25, 0.3) is 0 Å². The van der Waals surface area contributed by atoms with Crippen LogP contribution in [0.5, 0.6) is 0 Å². The Balaban J connectivity index is 0. The summed E-state index contributed by atoms with van der Waals surface area (Å²) in [5, 5.41) is 0. The molecule has 7 heavy (non-hydrogen) atoms. The fourth-order valence-electron chi connectivity index (χ4n) is 0. The van der Waals surface area contributed by atoms with Crippen LogP contribution in [0.15, 0.2) is 0 Å². The number of rotatable bonds is 1. The highest BCUT2D eigenvalue weighted by Crippen LogP contribution is 1.74. The molecule has 46 valence electrons. The normalized spacial score (nSPS) is 10.0. The fraction of sp³-hybridized carbons (Fsp3) is 1.00. The fourth-order valence-corrected chi connectivity index (χ4v) is 0. The second-order valence-electron chi connectivity index (χ2n) is 0.575. The molecule has 0 heterocycles. The average Bonchev–Trinajstić information content (AvgIpc) is 1.35. The van der Waals surface area contributed by atoms with Crippen molar-refractivity contribution in [3.8, 4) is 0 Å². The van der Waals surface area contributed by atoms with Gasteiger partial charge in [0.25, 0.3) is 0 Å². The zero-order valence-electron chi connectivity index (χ0n) is 3.49. The Morgan fingerprint density at radius 3 is 1.71 bits per heavy atom. The molecule has 0 aliphatic heterocycles. The second kappa shape index (κ2) is 2.92. The molecule has 0 fully saturated rings. The lowest BCUT2D eigenvalue weighted by atomic mass is 11.8. The van der Waals surface area contributed by atoms with Crippen LogP contribution in [0.3, 0.4) is 0 Å². The Kier molecular flexibility index (Phi) is 4.14. The molecule has 0 radical (unpaired) electrons. The van der Waals surface area contributed by atoms with E-state index in [-0.39, 0.29) is 5.48 Å².